The largest absolute Gasteiger partial charge is 0.418 e. The van der Waals surface area contributed by atoms with Crippen molar-refractivity contribution in [2.24, 2.45) is 5.92 Å². The molecule has 5 heteroatoms. The van der Waals surface area contributed by atoms with Gasteiger partial charge in [0.1, 0.15) is 0 Å². The monoisotopic (exact) mass is 335 g/mol. The highest BCUT2D eigenvalue weighted by Gasteiger charge is 2.36. The van der Waals surface area contributed by atoms with Crippen LogP contribution in [-0.4, -0.2) is 13.1 Å². The quantitative estimate of drug-likeness (QED) is 0.714. The molecular weight excluding hydrogens is 319 g/mol. The molecule has 1 saturated heterocycles. The molecule has 0 radical (unpaired) electrons. The smallest absolute Gasteiger partial charge is 0.371 e. The summed E-state index contributed by atoms with van der Waals surface area (Å²) in [5, 5.41) is 0.438. The summed E-state index contributed by atoms with van der Waals surface area (Å²) in [6.45, 7) is 3.54. The summed E-state index contributed by atoms with van der Waals surface area (Å²) in [5.41, 5.74) is 0.469. The molecule has 0 spiro atoms. The molecular formula is C14H17BrF3N. The molecule has 1 aliphatic rings. The summed E-state index contributed by atoms with van der Waals surface area (Å²) < 4.78 is 39.5. The maximum atomic E-state index is 13.2. The zero-order chi connectivity index (χ0) is 14.0. The number of alkyl halides is 4. The van der Waals surface area contributed by atoms with E-state index in [0.29, 0.717) is 22.5 Å². The lowest BCUT2D eigenvalue weighted by molar-refractivity contribution is -0.137. The minimum absolute atomic E-state index is 0.327. The van der Waals surface area contributed by atoms with Crippen LogP contribution in [0.1, 0.15) is 30.9 Å². The van der Waals surface area contributed by atoms with Crippen molar-refractivity contribution in [1.29, 1.82) is 0 Å². The van der Waals surface area contributed by atoms with E-state index in [2.05, 4.69) is 22.9 Å². The molecule has 1 unspecified atom stereocenters. The topological polar surface area (TPSA) is 3.24 Å². The van der Waals surface area contributed by atoms with Crippen molar-refractivity contribution >= 4 is 21.6 Å². The number of benzene rings is 1. The second-order valence-electron chi connectivity index (χ2n) is 4.99. The van der Waals surface area contributed by atoms with E-state index in [4.69, 9.17) is 0 Å². The normalized spacial score (nSPS) is 20.1. The Balaban J connectivity index is 2.34. The molecule has 0 N–H and O–H groups in total. The zero-order valence-corrected chi connectivity index (χ0v) is 12.4. The van der Waals surface area contributed by atoms with Gasteiger partial charge in [0.05, 0.1) is 5.56 Å². The summed E-state index contributed by atoms with van der Waals surface area (Å²) in [6, 6.07) is 4.62. The lowest BCUT2D eigenvalue weighted by atomic mass is 10.1. The number of halogens is 4. The molecule has 0 bridgehead atoms. The predicted molar refractivity (Wildman–Crippen MR) is 74.7 cm³/mol. The minimum Gasteiger partial charge on any atom is -0.371 e. The zero-order valence-electron chi connectivity index (χ0n) is 10.8. The van der Waals surface area contributed by atoms with Crippen LogP contribution in [0.4, 0.5) is 18.9 Å². The van der Waals surface area contributed by atoms with E-state index in [1.807, 2.05) is 4.90 Å². The molecule has 1 aromatic rings. The Bertz CT molecular complexity index is 445. The van der Waals surface area contributed by atoms with Crippen LogP contribution >= 0.6 is 15.9 Å². The van der Waals surface area contributed by atoms with E-state index in [1.165, 1.54) is 6.07 Å². The van der Waals surface area contributed by atoms with Gasteiger partial charge in [-0.3, -0.25) is 0 Å². The van der Waals surface area contributed by atoms with Gasteiger partial charge in [0.2, 0.25) is 0 Å². The molecule has 1 aliphatic heterocycles. The summed E-state index contributed by atoms with van der Waals surface area (Å²) in [7, 11) is 0. The Hall–Kier alpha value is -0.710. The third-order valence-electron chi connectivity index (χ3n) is 3.72. The van der Waals surface area contributed by atoms with Gasteiger partial charge in [-0.15, -0.1) is 0 Å². The van der Waals surface area contributed by atoms with Crippen LogP contribution in [-0.2, 0) is 11.5 Å². The maximum absolute atomic E-state index is 13.2. The summed E-state index contributed by atoms with van der Waals surface area (Å²) in [4.78, 5) is 1.87. The predicted octanol–water partition coefficient (Wildman–Crippen LogP) is 4.84. The second-order valence-corrected chi connectivity index (χ2v) is 5.55. The average molecular weight is 336 g/mol. The average Bonchev–Trinajstić information content (AvgIpc) is 2.85. The third kappa shape index (κ3) is 3.25. The van der Waals surface area contributed by atoms with Crippen LogP contribution < -0.4 is 4.90 Å². The highest BCUT2D eigenvalue weighted by molar-refractivity contribution is 9.08. The molecule has 19 heavy (non-hydrogen) atoms. The SMILES string of the molecule is CCC1CCN(c2ccc(CBr)cc2C(F)(F)F)C1. The minimum atomic E-state index is -4.29. The Morgan fingerprint density at radius 3 is 2.63 bits per heavy atom. The van der Waals surface area contributed by atoms with Crippen LogP contribution in [0.15, 0.2) is 18.2 Å². The first-order valence-electron chi connectivity index (χ1n) is 6.46. The maximum Gasteiger partial charge on any atom is 0.418 e. The molecule has 0 aliphatic carbocycles. The van der Waals surface area contributed by atoms with Gasteiger partial charge in [-0.2, -0.15) is 13.2 Å². The fourth-order valence-corrected chi connectivity index (χ4v) is 2.90. The van der Waals surface area contributed by atoms with Crippen molar-refractivity contribution in [1.82, 2.24) is 0 Å². The second kappa shape index (κ2) is 5.73. The van der Waals surface area contributed by atoms with Crippen LogP contribution in [0, 0.1) is 5.92 Å². The van der Waals surface area contributed by atoms with Gasteiger partial charge >= 0.3 is 6.18 Å². The highest BCUT2D eigenvalue weighted by atomic mass is 79.9. The van der Waals surface area contributed by atoms with Gasteiger partial charge in [-0.1, -0.05) is 35.3 Å². The van der Waals surface area contributed by atoms with E-state index in [9.17, 15) is 13.2 Å². The van der Waals surface area contributed by atoms with Gasteiger partial charge in [0.25, 0.3) is 0 Å². The fourth-order valence-electron chi connectivity index (χ4n) is 2.55. The first kappa shape index (κ1) is 14.7. The van der Waals surface area contributed by atoms with E-state index in [1.54, 1.807) is 12.1 Å². The van der Waals surface area contributed by atoms with Gasteiger partial charge < -0.3 is 4.90 Å². The molecule has 2 rings (SSSR count). The van der Waals surface area contributed by atoms with Gasteiger partial charge in [-0.05, 0) is 30.0 Å². The van der Waals surface area contributed by atoms with Crippen molar-refractivity contribution in [3.05, 3.63) is 29.3 Å². The molecule has 1 heterocycles. The lowest BCUT2D eigenvalue weighted by Gasteiger charge is -2.23. The van der Waals surface area contributed by atoms with Crippen molar-refractivity contribution in [2.45, 2.75) is 31.3 Å². The van der Waals surface area contributed by atoms with Crippen molar-refractivity contribution in [3.8, 4) is 0 Å². The Morgan fingerprint density at radius 1 is 1.37 bits per heavy atom. The summed E-state index contributed by atoms with van der Waals surface area (Å²) >= 11 is 3.21. The molecule has 1 aromatic carbocycles. The van der Waals surface area contributed by atoms with Crippen LogP contribution in [0.3, 0.4) is 0 Å². The molecule has 1 atom stereocenters. The molecule has 1 fully saturated rings. The third-order valence-corrected chi connectivity index (χ3v) is 4.37. The van der Waals surface area contributed by atoms with E-state index in [0.717, 1.165) is 25.9 Å². The molecule has 0 saturated carbocycles. The first-order chi connectivity index (χ1) is 8.95. The Morgan fingerprint density at radius 2 is 2.11 bits per heavy atom. The number of rotatable bonds is 3. The van der Waals surface area contributed by atoms with Gasteiger partial charge in [0.15, 0.2) is 0 Å². The number of hydrogen-bond donors (Lipinski definition) is 0. The van der Waals surface area contributed by atoms with Gasteiger partial charge in [-0.25, -0.2) is 0 Å². The van der Waals surface area contributed by atoms with Gasteiger partial charge in [0, 0.05) is 24.1 Å². The van der Waals surface area contributed by atoms with Crippen LogP contribution in [0.5, 0.6) is 0 Å². The van der Waals surface area contributed by atoms with Crippen LogP contribution in [0.2, 0.25) is 0 Å². The van der Waals surface area contributed by atoms with Crippen molar-refractivity contribution < 1.29 is 13.2 Å². The first-order valence-corrected chi connectivity index (χ1v) is 7.59. The van der Waals surface area contributed by atoms with E-state index < -0.39 is 11.7 Å². The van der Waals surface area contributed by atoms with E-state index in [-0.39, 0.29) is 0 Å². The van der Waals surface area contributed by atoms with E-state index >= 15 is 0 Å². The molecule has 0 amide bonds. The van der Waals surface area contributed by atoms with Crippen LogP contribution in [0.25, 0.3) is 0 Å². The molecule has 1 nitrogen and oxygen atoms in total. The number of hydrogen-bond acceptors (Lipinski definition) is 1. The number of anilines is 1. The van der Waals surface area contributed by atoms with Crippen molar-refractivity contribution in [3.63, 3.8) is 0 Å². The fraction of sp³-hybridized carbons (Fsp3) is 0.571. The lowest BCUT2D eigenvalue weighted by Crippen LogP contribution is -2.23. The summed E-state index contributed by atoms with van der Waals surface area (Å²) in [6.07, 6.45) is -2.29. The Labute approximate surface area is 119 Å². The highest BCUT2D eigenvalue weighted by Crippen LogP contribution is 2.39. The summed E-state index contributed by atoms with van der Waals surface area (Å²) in [5.74, 6) is 0.511. The Kier molecular flexibility index (Phi) is 4.43. The molecule has 0 aromatic heterocycles. The standard InChI is InChI=1S/C14H17BrF3N/c1-2-10-5-6-19(9-10)13-4-3-11(8-15)7-12(13)14(16,17)18/h3-4,7,10H,2,5-6,8-9H2,1H3. The number of nitrogens with zero attached hydrogens (tertiary/aromatic N) is 1. The molecule has 106 valence electrons. The van der Waals surface area contributed by atoms with Crippen molar-refractivity contribution in [2.75, 3.05) is 18.0 Å².